The van der Waals surface area contributed by atoms with Gasteiger partial charge in [0.1, 0.15) is 5.75 Å². The molecule has 1 aromatic carbocycles. The molecule has 0 bridgehead atoms. The van der Waals surface area contributed by atoms with Gasteiger partial charge in [-0.05, 0) is 50.1 Å². The van der Waals surface area contributed by atoms with E-state index in [-0.39, 0.29) is 0 Å². The van der Waals surface area contributed by atoms with Crippen molar-refractivity contribution in [3.63, 3.8) is 0 Å². The third-order valence-corrected chi connectivity index (χ3v) is 3.37. The zero-order valence-corrected chi connectivity index (χ0v) is 9.82. The Morgan fingerprint density at radius 1 is 1.50 bits per heavy atom. The lowest BCUT2D eigenvalue weighted by Gasteiger charge is -2.17. The highest BCUT2D eigenvalue weighted by atomic mass is 16.3. The fraction of sp³-hybridized carbons (Fsp3) is 0.538. The molecule has 1 aliphatic rings. The lowest BCUT2D eigenvalue weighted by atomic mass is 9.96. The number of anilines is 1. The molecule has 3 N–H and O–H groups in total. The van der Waals surface area contributed by atoms with Crippen molar-refractivity contribution in [1.29, 1.82) is 0 Å². The van der Waals surface area contributed by atoms with Crippen LogP contribution in [0.3, 0.4) is 0 Å². The topological polar surface area (TPSA) is 49.5 Å². The van der Waals surface area contributed by atoms with E-state index in [2.05, 4.69) is 11.8 Å². The molecular weight excluding hydrogens is 200 g/mol. The third-order valence-electron chi connectivity index (χ3n) is 3.37. The van der Waals surface area contributed by atoms with Crippen molar-refractivity contribution < 1.29 is 5.11 Å². The molecule has 0 aromatic heterocycles. The van der Waals surface area contributed by atoms with Gasteiger partial charge in [-0.2, -0.15) is 0 Å². The van der Waals surface area contributed by atoms with Crippen molar-refractivity contribution in [2.45, 2.75) is 25.7 Å². The fourth-order valence-electron chi connectivity index (χ4n) is 2.53. The number of fused-ring (bicyclic) bond motifs is 1. The molecule has 1 atom stereocenters. The second kappa shape index (κ2) is 4.74. The number of rotatable bonds is 4. The third kappa shape index (κ3) is 2.00. The second-order valence-electron chi connectivity index (χ2n) is 4.41. The van der Waals surface area contributed by atoms with E-state index in [4.69, 9.17) is 5.73 Å². The van der Waals surface area contributed by atoms with Gasteiger partial charge in [-0.1, -0.05) is 0 Å². The van der Waals surface area contributed by atoms with Crippen LogP contribution in [0.4, 0.5) is 5.69 Å². The number of phenols is 1. The molecule has 3 heteroatoms. The molecule has 1 heterocycles. The second-order valence-corrected chi connectivity index (χ2v) is 4.41. The summed E-state index contributed by atoms with van der Waals surface area (Å²) in [5.41, 5.74) is 8.13. The minimum Gasteiger partial charge on any atom is -0.508 e. The van der Waals surface area contributed by atoms with Crippen LogP contribution in [0.1, 0.15) is 31.2 Å². The first kappa shape index (κ1) is 11.3. The van der Waals surface area contributed by atoms with Crippen molar-refractivity contribution in [1.82, 2.24) is 0 Å². The zero-order valence-electron chi connectivity index (χ0n) is 9.82. The Labute approximate surface area is 96.9 Å². The van der Waals surface area contributed by atoms with Crippen LogP contribution in [0.5, 0.6) is 5.75 Å². The van der Waals surface area contributed by atoms with E-state index in [1.54, 1.807) is 6.07 Å². The first-order valence-electron chi connectivity index (χ1n) is 6.04. The summed E-state index contributed by atoms with van der Waals surface area (Å²) >= 11 is 0. The van der Waals surface area contributed by atoms with Crippen LogP contribution in [0, 0.1) is 0 Å². The number of likely N-dealkylation sites (N-methyl/N-ethyl adjacent to an activating group) is 1. The summed E-state index contributed by atoms with van der Waals surface area (Å²) in [6.07, 6.45) is 2.17. The van der Waals surface area contributed by atoms with Crippen molar-refractivity contribution in [2.75, 3.05) is 24.5 Å². The lowest BCUT2D eigenvalue weighted by molar-refractivity contribution is 0.474. The molecular formula is C13H20N2O. The molecule has 2 rings (SSSR count). The molecule has 0 spiro atoms. The first-order chi connectivity index (χ1) is 7.76. The van der Waals surface area contributed by atoms with Crippen LogP contribution in [0.15, 0.2) is 18.2 Å². The summed E-state index contributed by atoms with van der Waals surface area (Å²) in [6.45, 7) is 5.00. The molecule has 0 radical (unpaired) electrons. The average molecular weight is 220 g/mol. The highest BCUT2D eigenvalue weighted by molar-refractivity contribution is 5.62. The molecule has 0 saturated carbocycles. The van der Waals surface area contributed by atoms with Crippen LogP contribution in [-0.4, -0.2) is 24.7 Å². The highest BCUT2D eigenvalue weighted by Crippen LogP contribution is 2.40. The Bertz CT molecular complexity index is 365. The smallest absolute Gasteiger partial charge is 0.116 e. The molecule has 3 nitrogen and oxygen atoms in total. The van der Waals surface area contributed by atoms with Crippen molar-refractivity contribution >= 4 is 5.69 Å². The van der Waals surface area contributed by atoms with E-state index >= 15 is 0 Å². The monoisotopic (exact) mass is 220 g/mol. The Morgan fingerprint density at radius 2 is 2.31 bits per heavy atom. The Morgan fingerprint density at radius 3 is 3.00 bits per heavy atom. The van der Waals surface area contributed by atoms with Crippen molar-refractivity contribution in [2.24, 2.45) is 5.73 Å². The predicted molar refractivity (Wildman–Crippen MR) is 67.0 cm³/mol. The SMILES string of the molecule is CCN1CC(CCCN)c2cc(O)ccc21. The Hall–Kier alpha value is -1.22. The van der Waals surface area contributed by atoms with E-state index in [0.29, 0.717) is 11.7 Å². The maximum absolute atomic E-state index is 9.56. The van der Waals surface area contributed by atoms with Crippen LogP contribution < -0.4 is 10.6 Å². The highest BCUT2D eigenvalue weighted by Gasteiger charge is 2.27. The van der Waals surface area contributed by atoms with Gasteiger partial charge in [-0.15, -0.1) is 0 Å². The molecule has 16 heavy (non-hydrogen) atoms. The van der Waals surface area contributed by atoms with E-state index in [1.165, 1.54) is 11.3 Å². The van der Waals surface area contributed by atoms with Crippen LogP contribution >= 0.6 is 0 Å². The summed E-state index contributed by atoms with van der Waals surface area (Å²) in [6, 6.07) is 5.70. The molecule has 1 aliphatic heterocycles. The average Bonchev–Trinajstić information content (AvgIpc) is 2.64. The molecule has 0 aliphatic carbocycles. The number of hydrogen-bond donors (Lipinski definition) is 2. The molecule has 1 unspecified atom stereocenters. The number of hydrogen-bond acceptors (Lipinski definition) is 3. The van der Waals surface area contributed by atoms with Gasteiger partial charge in [-0.25, -0.2) is 0 Å². The minimum absolute atomic E-state index is 0.370. The molecule has 88 valence electrons. The van der Waals surface area contributed by atoms with E-state index in [0.717, 1.165) is 32.5 Å². The number of benzene rings is 1. The van der Waals surface area contributed by atoms with Gasteiger partial charge in [0, 0.05) is 24.7 Å². The summed E-state index contributed by atoms with van der Waals surface area (Å²) in [4.78, 5) is 2.37. The lowest BCUT2D eigenvalue weighted by Crippen LogP contribution is -2.21. The van der Waals surface area contributed by atoms with Gasteiger partial charge >= 0.3 is 0 Å². The molecule has 1 aromatic rings. The number of aromatic hydroxyl groups is 1. The van der Waals surface area contributed by atoms with Crippen LogP contribution in [-0.2, 0) is 0 Å². The van der Waals surface area contributed by atoms with Gasteiger partial charge < -0.3 is 15.7 Å². The number of nitrogens with two attached hydrogens (primary N) is 1. The Balaban J connectivity index is 2.24. The van der Waals surface area contributed by atoms with E-state index in [1.807, 2.05) is 12.1 Å². The summed E-state index contributed by atoms with van der Waals surface area (Å²) < 4.78 is 0. The van der Waals surface area contributed by atoms with Gasteiger partial charge in [0.15, 0.2) is 0 Å². The van der Waals surface area contributed by atoms with Crippen molar-refractivity contribution in [3.8, 4) is 5.75 Å². The summed E-state index contributed by atoms with van der Waals surface area (Å²) in [7, 11) is 0. The first-order valence-corrected chi connectivity index (χ1v) is 6.04. The van der Waals surface area contributed by atoms with Gasteiger partial charge in [0.05, 0.1) is 0 Å². The maximum atomic E-state index is 9.56. The van der Waals surface area contributed by atoms with Gasteiger partial charge in [0.25, 0.3) is 0 Å². The fourth-order valence-corrected chi connectivity index (χ4v) is 2.53. The minimum atomic E-state index is 0.370. The zero-order chi connectivity index (χ0) is 11.5. The molecule has 0 fully saturated rings. The maximum Gasteiger partial charge on any atom is 0.116 e. The molecule has 0 amide bonds. The van der Waals surface area contributed by atoms with Crippen LogP contribution in [0.25, 0.3) is 0 Å². The van der Waals surface area contributed by atoms with Gasteiger partial charge in [0.2, 0.25) is 0 Å². The quantitative estimate of drug-likeness (QED) is 0.816. The normalized spacial score (nSPS) is 18.9. The molecule has 0 saturated heterocycles. The van der Waals surface area contributed by atoms with Gasteiger partial charge in [-0.3, -0.25) is 0 Å². The van der Waals surface area contributed by atoms with E-state index < -0.39 is 0 Å². The standard InChI is InChI=1S/C13H20N2O/c1-2-15-9-10(4-3-7-14)12-8-11(16)5-6-13(12)15/h5-6,8,10,16H,2-4,7,9,14H2,1H3. The summed E-state index contributed by atoms with van der Waals surface area (Å²) in [5, 5.41) is 9.56. The summed E-state index contributed by atoms with van der Waals surface area (Å²) in [5.74, 6) is 0.903. The van der Waals surface area contributed by atoms with Crippen molar-refractivity contribution in [3.05, 3.63) is 23.8 Å². The Kier molecular flexibility index (Phi) is 3.34. The predicted octanol–water partition coefficient (Wildman–Crippen LogP) is 2.05. The van der Waals surface area contributed by atoms with E-state index in [9.17, 15) is 5.11 Å². The van der Waals surface area contributed by atoms with Crippen LogP contribution in [0.2, 0.25) is 0 Å². The number of phenolic OH excluding ortho intramolecular Hbond substituents is 1. The number of nitrogens with zero attached hydrogens (tertiary/aromatic N) is 1. The largest absolute Gasteiger partial charge is 0.508 e.